The zero-order chi connectivity index (χ0) is 11.7. The van der Waals surface area contributed by atoms with Crippen molar-refractivity contribution in [2.75, 3.05) is 7.11 Å². The van der Waals surface area contributed by atoms with Crippen molar-refractivity contribution in [3.63, 3.8) is 0 Å². The van der Waals surface area contributed by atoms with E-state index in [1.807, 2.05) is 0 Å². The van der Waals surface area contributed by atoms with Crippen LogP contribution in [0.3, 0.4) is 0 Å². The number of aromatic carboxylic acids is 1. The van der Waals surface area contributed by atoms with E-state index >= 15 is 0 Å². The molecule has 1 aromatic carbocycles. The van der Waals surface area contributed by atoms with Crippen LogP contribution in [-0.2, 0) is 0 Å². The highest BCUT2D eigenvalue weighted by Crippen LogP contribution is 2.29. The van der Waals surface area contributed by atoms with Crippen LogP contribution in [0.15, 0.2) is 22.6 Å². The fraction of sp³-hybridized carbons (Fsp3) is 0.0909. The van der Waals surface area contributed by atoms with E-state index in [0.29, 0.717) is 23.0 Å². The van der Waals surface area contributed by atoms with Crippen LogP contribution >= 0.6 is 0 Å². The Morgan fingerprint density at radius 3 is 2.81 bits per heavy atom. The Hall–Kier alpha value is -2.30. The first-order valence-corrected chi connectivity index (χ1v) is 4.46. The average Bonchev–Trinajstić information content (AvgIpc) is 2.71. The summed E-state index contributed by atoms with van der Waals surface area (Å²) in [4.78, 5) is 21.6. The molecular formula is C11H8O5. The number of furan rings is 1. The molecule has 0 fully saturated rings. The second-order valence-corrected chi connectivity index (χ2v) is 3.13. The van der Waals surface area contributed by atoms with Crippen molar-refractivity contribution >= 4 is 23.2 Å². The van der Waals surface area contributed by atoms with Crippen LogP contribution in [0.1, 0.15) is 20.9 Å². The maximum Gasteiger partial charge on any atom is 0.371 e. The molecule has 0 aliphatic rings. The third kappa shape index (κ3) is 1.42. The Bertz CT molecular complexity index is 567. The number of aldehydes is 1. The Labute approximate surface area is 90.2 Å². The van der Waals surface area contributed by atoms with E-state index < -0.39 is 5.97 Å². The first-order valence-electron chi connectivity index (χ1n) is 4.46. The number of hydrogen-bond donors (Lipinski definition) is 1. The number of carbonyl (C=O) groups is 2. The molecule has 82 valence electrons. The molecule has 0 unspecified atom stereocenters. The van der Waals surface area contributed by atoms with Crippen LogP contribution in [-0.4, -0.2) is 24.5 Å². The van der Waals surface area contributed by atoms with Crippen molar-refractivity contribution in [2.24, 2.45) is 0 Å². The minimum absolute atomic E-state index is 0.202. The second kappa shape index (κ2) is 3.69. The molecule has 1 heterocycles. The molecule has 0 atom stereocenters. The molecule has 0 aliphatic heterocycles. The number of rotatable bonds is 3. The lowest BCUT2D eigenvalue weighted by molar-refractivity contribution is 0.0665. The van der Waals surface area contributed by atoms with E-state index in [2.05, 4.69) is 0 Å². The number of carboxylic acid groups (broad SMARTS) is 1. The van der Waals surface area contributed by atoms with Gasteiger partial charge in [-0.05, 0) is 12.1 Å². The van der Waals surface area contributed by atoms with Gasteiger partial charge in [0.15, 0.2) is 6.29 Å². The summed E-state index contributed by atoms with van der Waals surface area (Å²) in [6, 6.07) is 4.43. The molecule has 0 spiro atoms. The fourth-order valence-electron chi connectivity index (χ4n) is 1.52. The van der Waals surface area contributed by atoms with E-state index in [0.717, 1.165) is 0 Å². The smallest absolute Gasteiger partial charge is 0.371 e. The molecule has 2 aromatic rings. The fourth-order valence-corrected chi connectivity index (χ4v) is 1.52. The zero-order valence-corrected chi connectivity index (χ0v) is 8.39. The first-order chi connectivity index (χ1) is 7.67. The predicted octanol–water partition coefficient (Wildman–Crippen LogP) is 1.95. The van der Waals surface area contributed by atoms with Gasteiger partial charge in [0.25, 0.3) is 0 Å². The van der Waals surface area contributed by atoms with Gasteiger partial charge in [0, 0.05) is 11.5 Å². The number of benzene rings is 1. The molecule has 0 radical (unpaired) electrons. The van der Waals surface area contributed by atoms with Gasteiger partial charge in [-0.25, -0.2) is 4.79 Å². The van der Waals surface area contributed by atoms with Crippen LogP contribution in [0.5, 0.6) is 5.75 Å². The van der Waals surface area contributed by atoms with Crippen molar-refractivity contribution in [3.8, 4) is 5.75 Å². The second-order valence-electron chi connectivity index (χ2n) is 3.13. The molecule has 0 saturated heterocycles. The van der Waals surface area contributed by atoms with Crippen LogP contribution in [0.25, 0.3) is 11.0 Å². The van der Waals surface area contributed by atoms with E-state index in [-0.39, 0.29) is 11.3 Å². The molecule has 16 heavy (non-hydrogen) atoms. The number of fused-ring (bicyclic) bond motifs is 1. The Kier molecular flexibility index (Phi) is 2.36. The first kappa shape index (κ1) is 10.2. The summed E-state index contributed by atoms with van der Waals surface area (Å²) in [5.41, 5.74) is 0.636. The Morgan fingerprint density at radius 2 is 2.25 bits per heavy atom. The summed E-state index contributed by atoms with van der Waals surface area (Å²) in [5.74, 6) is -0.987. The Morgan fingerprint density at radius 1 is 1.50 bits per heavy atom. The van der Waals surface area contributed by atoms with Crippen molar-refractivity contribution in [3.05, 3.63) is 29.5 Å². The summed E-state index contributed by atoms with van der Waals surface area (Å²) < 4.78 is 10.1. The van der Waals surface area contributed by atoms with Crippen molar-refractivity contribution in [2.45, 2.75) is 0 Å². The standard InChI is InChI=1S/C11H8O5/c1-15-8-2-3-9-6(7(8)5-12)4-10(16-9)11(13)14/h2-5H,1H3,(H,13,14). The van der Waals surface area contributed by atoms with E-state index in [1.54, 1.807) is 12.1 Å². The molecule has 5 heteroatoms. The lowest BCUT2D eigenvalue weighted by Gasteiger charge is -2.02. The van der Waals surface area contributed by atoms with Crippen LogP contribution in [0, 0.1) is 0 Å². The lowest BCUT2D eigenvalue weighted by atomic mass is 10.1. The molecule has 0 aliphatic carbocycles. The molecule has 0 saturated carbocycles. The van der Waals surface area contributed by atoms with Gasteiger partial charge in [0.2, 0.25) is 5.76 Å². The third-order valence-corrected chi connectivity index (χ3v) is 2.25. The van der Waals surface area contributed by atoms with Gasteiger partial charge in [-0.1, -0.05) is 0 Å². The van der Waals surface area contributed by atoms with Crippen LogP contribution < -0.4 is 4.74 Å². The Balaban J connectivity index is 2.76. The largest absolute Gasteiger partial charge is 0.496 e. The molecule has 2 rings (SSSR count). The maximum atomic E-state index is 10.9. The molecule has 0 amide bonds. The highest BCUT2D eigenvalue weighted by atomic mass is 16.5. The van der Waals surface area contributed by atoms with E-state index in [9.17, 15) is 9.59 Å². The topological polar surface area (TPSA) is 76.7 Å². The number of methoxy groups -OCH3 is 1. The average molecular weight is 220 g/mol. The molecular weight excluding hydrogens is 212 g/mol. The lowest BCUT2D eigenvalue weighted by Crippen LogP contribution is -1.92. The summed E-state index contributed by atoms with van der Waals surface area (Å²) >= 11 is 0. The van der Waals surface area contributed by atoms with Gasteiger partial charge in [-0.15, -0.1) is 0 Å². The number of carboxylic acids is 1. The van der Waals surface area contributed by atoms with Crippen molar-refractivity contribution in [1.29, 1.82) is 0 Å². The molecule has 0 bridgehead atoms. The van der Waals surface area contributed by atoms with Gasteiger partial charge < -0.3 is 14.3 Å². The van der Waals surface area contributed by atoms with E-state index in [1.165, 1.54) is 13.2 Å². The van der Waals surface area contributed by atoms with Crippen LogP contribution in [0.2, 0.25) is 0 Å². The van der Waals surface area contributed by atoms with Crippen molar-refractivity contribution < 1.29 is 23.8 Å². The molecule has 1 aromatic heterocycles. The van der Waals surface area contributed by atoms with Crippen molar-refractivity contribution in [1.82, 2.24) is 0 Å². The SMILES string of the molecule is COc1ccc2oc(C(=O)O)cc2c1C=O. The van der Waals surface area contributed by atoms with E-state index in [4.69, 9.17) is 14.3 Å². The minimum Gasteiger partial charge on any atom is -0.496 e. The highest BCUT2D eigenvalue weighted by molar-refractivity contribution is 6.02. The van der Waals surface area contributed by atoms with Gasteiger partial charge in [0.05, 0.1) is 12.7 Å². The quantitative estimate of drug-likeness (QED) is 0.800. The maximum absolute atomic E-state index is 10.9. The van der Waals surface area contributed by atoms with Gasteiger partial charge in [0.1, 0.15) is 11.3 Å². The van der Waals surface area contributed by atoms with Gasteiger partial charge in [-0.3, -0.25) is 4.79 Å². The molecule has 1 N–H and O–H groups in total. The summed E-state index contributed by atoms with van der Waals surface area (Å²) in [6.07, 6.45) is 0.613. The number of carbonyl (C=O) groups excluding carboxylic acids is 1. The summed E-state index contributed by atoms with van der Waals surface area (Å²) in [6.45, 7) is 0. The van der Waals surface area contributed by atoms with Gasteiger partial charge in [-0.2, -0.15) is 0 Å². The minimum atomic E-state index is -1.17. The van der Waals surface area contributed by atoms with Crippen LogP contribution in [0.4, 0.5) is 0 Å². The summed E-state index contributed by atoms with van der Waals surface area (Å²) in [5, 5.41) is 9.20. The number of hydrogen-bond acceptors (Lipinski definition) is 4. The number of ether oxygens (including phenoxy) is 1. The third-order valence-electron chi connectivity index (χ3n) is 2.25. The van der Waals surface area contributed by atoms with Gasteiger partial charge >= 0.3 is 5.97 Å². The summed E-state index contributed by atoms with van der Waals surface area (Å²) in [7, 11) is 1.44. The molecule has 5 nitrogen and oxygen atoms in total. The zero-order valence-electron chi connectivity index (χ0n) is 8.39. The normalized spacial score (nSPS) is 10.3. The monoisotopic (exact) mass is 220 g/mol. The predicted molar refractivity (Wildman–Crippen MR) is 55.1 cm³/mol. The highest BCUT2D eigenvalue weighted by Gasteiger charge is 2.15.